The van der Waals surface area contributed by atoms with Gasteiger partial charge in [-0.1, -0.05) is 0 Å². The molecular formula is C11H14BrN5S. The van der Waals surface area contributed by atoms with Crippen LogP contribution in [0, 0.1) is 6.92 Å². The highest BCUT2D eigenvalue weighted by Gasteiger charge is 2.22. The van der Waals surface area contributed by atoms with Gasteiger partial charge in [-0.15, -0.1) is 16.4 Å². The van der Waals surface area contributed by atoms with Crippen molar-refractivity contribution < 1.29 is 0 Å². The van der Waals surface area contributed by atoms with Gasteiger partial charge in [0.15, 0.2) is 5.82 Å². The maximum atomic E-state index is 5.89. The molecule has 1 unspecified atom stereocenters. The van der Waals surface area contributed by atoms with E-state index < -0.39 is 0 Å². The van der Waals surface area contributed by atoms with Crippen LogP contribution in [-0.4, -0.2) is 34.3 Å². The molecule has 1 aliphatic heterocycles. The summed E-state index contributed by atoms with van der Waals surface area (Å²) in [4.78, 5) is 7.77. The number of anilines is 1. The molecule has 1 fully saturated rings. The summed E-state index contributed by atoms with van der Waals surface area (Å²) in [5, 5.41) is 7.27. The summed E-state index contributed by atoms with van der Waals surface area (Å²) >= 11 is 5.19. The Balaban J connectivity index is 1.85. The second kappa shape index (κ2) is 4.64. The Morgan fingerprint density at radius 3 is 3.06 bits per heavy atom. The molecule has 1 saturated heterocycles. The highest BCUT2D eigenvalue weighted by Crippen LogP contribution is 2.33. The minimum absolute atomic E-state index is 0.241. The summed E-state index contributed by atoms with van der Waals surface area (Å²) in [6.45, 7) is 3.84. The molecule has 0 spiro atoms. The number of halogens is 1. The molecule has 2 aromatic heterocycles. The lowest BCUT2D eigenvalue weighted by molar-refractivity contribution is 0.750. The molecule has 3 rings (SSSR count). The number of nitrogens with zero attached hydrogens (tertiary/aromatic N) is 3. The SMILES string of the molecule is Cc1cc(-c2nc(N3CCC(N)C3)n[nH]2)sc1Br. The zero-order chi connectivity index (χ0) is 12.7. The van der Waals surface area contributed by atoms with Crippen molar-refractivity contribution in [1.82, 2.24) is 15.2 Å². The van der Waals surface area contributed by atoms with Gasteiger partial charge >= 0.3 is 0 Å². The standard InChI is InChI=1S/C11H14BrN5S/c1-6-4-8(18-9(6)12)10-14-11(16-15-10)17-3-2-7(13)5-17/h4,7H,2-3,5,13H2,1H3,(H,14,15,16). The van der Waals surface area contributed by atoms with Crippen LogP contribution >= 0.6 is 27.3 Å². The van der Waals surface area contributed by atoms with Gasteiger partial charge in [0.25, 0.3) is 0 Å². The molecule has 2 aromatic rings. The lowest BCUT2D eigenvalue weighted by Gasteiger charge is -2.11. The van der Waals surface area contributed by atoms with Crippen molar-refractivity contribution in [1.29, 1.82) is 0 Å². The molecular weight excluding hydrogens is 314 g/mol. The Bertz CT molecular complexity index is 544. The molecule has 0 aromatic carbocycles. The van der Waals surface area contributed by atoms with Crippen molar-refractivity contribution in [3.63, 3.8) is 0 Å². The molecule has 3 N–H and O–H groups in total. The summed E-state index contributed by atoms with van der Waals surface area (Å²) in [6.07, 6.45) is 1.01. The van der Waals surface area contributed by atoms with E-state index in [1.54, 1.807) is 11.3 Å². The molecule has 3 heterocycles. The molecule has 1 aliphatic rings. The van der Waals surface area contributed by atoms with Gasteiger partial charge in [-0.3, -0.25) is 5.10 Å². The molecule has 7 heteroatoms. The largest absolute Gasteiger partial charge is 0.338 e. The smallest absolute Gasteiger partial charge is 0.245 e. The Kier molecular flexibility index (Phi) is 3.13. The summed E-state index contributed by atoms with van der Waals surface area (Å²) in [5.74, 6) is 1.57. The highest BCUT2D eigenvalue weighted by atomic mass is 79.9. The van der Waals surface area contributed by atoms with Crippen molar-refractivity contribution in [2.75, 3.05) is 18.0 Å². The fourth-order valence-corrected chi connectivity index (χ4v) is 3.52. The van der Waals surface area contributed by atoms with Crippen LogP contribution in [0.15, 0.2) is 9.85 Å². The van der Waals surface area contributed by atoms with E-state index in [0.717, 1.165) is 39.9 Å². The van der Waals surface area contributed by atoms with Gasteiger partial charge in [0.2, 0.25) is 5.95 Å². The lowest BCUT2D eigenvalue weighted by Crippen LogP contribution is -2.26. The first-order valence-electron chi connectivity index (χ1n) is 5.82. The summed E-state index contributed by atoms with van der Waals surface area (Å²) in [6, 6.07) is 2.35. The number of hydrogen-bond donors (Lipinski definition) is 2. The van der Waals surface area contributed by atoms with Gasteiger partial charge < -0.3 is 10.6 Å². The summed E-state index contributed by atoms with van der Waals surface area (Å²) < 4.78 is 1.14. The van der Waals surface area contributed by atoms with Crippen molar-refractivity contribution in [2.24, 2.45) is 5.73 Å². The maximum Gasteiger partial charge on any atom is 0.245 e. The van der Waals surface area contributed by atoms with Gasteiger partial charge in [0.05, 0.1) is 8.66 Å². The number of aromatic nitrogens is 3. The molecule has 0 aliphatic carbocycles. The van der Waals surface area contributed by atoms with E-state index in [-0.39, 0.29) is 6.04 Å². The number of H-pyrrole nitrogens is 1. The first-order valence-corrected chi connectivity index (χ1v) is 7.43. The third kappa shape index (κ3) is 2.17. The fourth-order valence-electron chi connectivity index (χ4n) is 2.05. The first kappa shape index (κ1) is 12.1. The number of aryl methyl sites for hydroxylation is 1. The quantitative estimate of drug-likeness (QED) is 0.886. The number of rotatable bonds is 2. The van der Waals surface area contributed by atoms with E-state index in [2.05, 4.69) is 49.0 Å². The van der Waals surface area contributed by atoms with E-state index in [1.807, 2.05) is 0 Å². The van der Waals surface area contributed by atoms with Crippen molar-refractivity contribution in [3.8, 4) is 10.7 Å². The lowest BCUT2D eigenvalue weighted by atomic mass is 10.3. The van der Waals surface area contributed by atoms with Gasteiger partial charge in [-0.25, -0.2) is 0 Å². The number of thiophene rings is 1. The van der Waals surface area contributed by atoms with Crippen molar-refractivity contribution >= 4 is 33.2 Å². The zero-order valence-corrected chi connectivity index (χ0v) is 12.4. The minimum Gasteiger partial charge on any atom is -0.338 e. The monoisotopic (exact) mass is 327 g/mol. The van der Waals surface area contributed by atoms with Crippen LogP contribution in [0.1, 0.15) is 12.0 Å². The molecule has 18 heavy (non-hydrogen) atoms. The van der Waals surface area contributed by atoms with Crippen molar-refractivity contribution in [2.45, 2.75) is 19.4 Å². The fraction of sp³-hybridized carbons (Fsp3) is 0.455. The molecule has 0 radical (unpaired) electrons. The van der Waals surface area contributed by atoms with Crippen LogP contribution in [0.5, 0.6) is 0 Å². The second-order valence-corrected chi connectivity index (χ2v) is 6.92. The van der Waals surface area contributed by atoms with E-state index in [1.165, 1.54) is 5.56 Å². The Morgan fingerprint density at radius 1 is 1.61 bits per heavy atom. The third-order valence-corrected chi connectivity index (χ3v) is 5.22. The highest BCUT2D eigenvalue weighted by molar-refractivity contribution is 9.11. The first-order chi connectivity index (χ1) is 8.63. The van der Waals surface area contributed by atoms with Gasteiger partial charge in [0.1, 0.15) is 0 Å². The summed E-state index contributed by atoms with van der Waals surface area (Å²) in [5.41, 5.74) is 7.11. The predicted molar refractivity (Wildman–Crippen MR) is 76.9 cm³/mol. The van der Waals surface area contributed by atoms with E-state index in [0.29, 0.717) is 0 Å². The van der Waals surface area contributed by atoms with Gasteiger partial charge in [-0.2, -0.15) is 4.98 Å². The Labute approximate surface area is 118 Å². The van der Waals surface area contributed by atoms with Crippen LogP contribution in [0.25, 0.3) is 10.7 Å². The van der Waals surface area contributed by atoms with E-state index in [9.17, 15) is 0 Å². The van der Waals surface area contributed by atoms with Crippen molar-refractivity contribution in [3.05, 3.63) is 15.4 Å². The van der Waals surface area contributed by atoms with E-state index in [4.69, 9.17) is 5.73 Å². The summed E-state index contributed by atoms with van der Waals surface area (Å²) in [7, 11) is 0. The Morgan fingerprint density at radius 2 is 2.44 bits per heavy atom. The predicted octanol–water partition coefficient (Wildman–Crippen LogP) is 2.14. The molecule has 0 amide bonds. The van der Waals surface area contributed by atoms with Gasteiger partial charge in [-0.05, 0) is 40.9 Å². The zero-order valence-electron chi connectivity index (χ0n) is 9.98. The maximum absolute atomic E-state index is 5.89. The molecule has 0 saturated carbocycles. The second-order valence-electron chi connectivity index (χ2n) is 4.55. The third-order valence-electron chi connectivity index (χ3n) is 3.07. The number of aromatic amines is 1. The number of hydrogen-bond acceptors (Lipinski definition) is 5. The van der Waals surface area contributed by atoms with Gasteiger partial charge in [0, 0.05) is 19.1 Å². The molecule has 5 nitrogen and oxygen atoms in total. The molecule has 96 valence electrons. The van der Waals surface area contributed by atoms with Crippen LogP contribution in [-0.2, 0) is 0 Å². The average Bonchev–Trinajstić information content (AvgIpc) is 3.00. The average molecular weight is 328 g/mol. The molecule has 1 atom stereocenters. The van der Waals surface area contributed by atoms with Crippen LogP contribution < -0.4 is 10.6 Å². The van der Waals surface area contributed by atoms with Crippen LogP contribution in [0.4, 0.5) is 5.95 Å². The normalized spacial score (nSPS) is 19.7. The topological polar surface area (TPSA) is 70.8 Å². The number of nitrogens with two attached hydrogens (primary N) is 1. The minimum atomic E-state index is 0.241. The molecule has 0 bridgehead atoms. The Hall–Kier alpha value is -0.920. The van der Waals surface area contributed by atoms with Crippen LogP contribution in [0.2, 0.25) is 0 Å². The number of nitrogens with one attached hydrogen (secondary N) is 1. The van der Waals surface area contributed by atoms with E-state index >= 15 is 0 Å². The van der Waals surface area contributed by atoms with Crippen LogP contribution in [0.3, 0.4) is 0 Å².